The first-order chi connectivity index (χ1) is 11.3. The molecule has 0 bridgehead atoms. The van der Waals surface area contributed by atoms with Crippen molar-refractivity contribution in [3.8, 4) is 0 Å². The summed E-state index contributed by atoms with van der Waals surface area (Å²) < 4.78 is 11.9. The number of benzene rings is 2. The fourth-order valence-electron chi connectivity index (χ4n) is 2.37. The van der Waals surface area contributed by atoms with Gasteiger partial charge in [-0.1, -0.05) is 66.7 Å². The highest BCUT2D eigenvalue weighted by molar-refractivity contribution is 6.22. The van der Waals surface area contributed by atoms with Crippen LogP contribution in [0, 0.1) is 0 Å². The van der Waals surface area contributed by atoms with E-state index in [4.69, 9.17) is 21.1 Å². The molecule has 1 atom stereocenters. The van der Waals surface area contributed by atoms with Gasteiger partial charge in [-0.25, -0.2) is 0 Å². The van der Waals surface area contributed by atoms with Gasteiger partial charge in [0.1, 0.15) is 19.0 Å². The van der Waals surface area contributed by atoms with E-state index >= 15 is 0 Å². The molecule has 0 saturated carbocycles. The molecule has 0 N–H and O–H groups in total. The van der Waals surface area contributed by atoms with Gasteiger partial charge < -0.3 is 9.47 Å². The molecule has 1 aliphatic rings. The van der Waals surface area contributed by atoms with E-state index in [0.29, 0.717) is 19.6 Å². The van der Waals surface area contributed by atoms with Gasteiger partial charge in [-0.2, -0.15) is 0 Å². The van der Waals surface area contributed by atoms with Gasteiger partial charge in [0, 0.05) is 6.42 Å². The number of hydrogen-bond donors (Lipinski definition) is 0. The van der Waals surface area contributed by atoms with E-state index in [1.807, 2.05) is 72.8 Å². The molecule has 2 nitrogen and oxygen atoms in total. The Morgan fingerprint density at radius 2 is 1.39 bits per heavy atom. The summed E-state index contributed by atoms with van der Waals surface area (Å²) in [4.78, 5) is 0. The molecule has 23 heavy (non-hydrogen) atoms. The number of ether oxygens (including phenoxy) is 2. The summed E-state index contributed by atoms with van der Waals surface area (Å²) in [5.74, 6) is 1.58. The first kappa shape index (κ1) is 15.7. The molecule has 1 aliphatic carbocycles. The highest BCUT2D eigenvalue weighted by Gasteiger charge is 2.17. The van der Waals surface area contributed by atoms with E-state index in [1.54, 1.807) is 0 Å². The third kappa shape index (κ3) is 4.64. The Kier molecular flexibility index (Phi) is 5.38. The Labute approximate surface area is 142 Å². The van der Waals surface area contributed by atoms with Crippen molar-refractivity contribution >= 4 is 11.6 Å². The lowest BCUT2D eigenvalue weighted by Gasteiger charge is -2.20. The normalized spacial score (nSPS) is 17.2. The maximum atomic E-state index is 6.22. The van der Waals surface area contributed by atoms with Crippen molar-refractivity contribution in [2.75, 3.05) is 0 Å². The van der Waals surface area contributed by atoms with Gasteiger partial charge in [0.15, 0.2) is 5.76 Å². The molecule has 1 unspecified atom stereocenters. The van der Waals surface area contributed by atoms with Gasteiger partial charge >= 0.3 is 0 Å². The first-order valence-corrected chi connectivity index (χ1v) is 8.14. The summed E-state index contributed by atoms with van der Waals surface area (Å²) in [5.41, 5.74) is 2.26. The molecule has 0 heterocycles. The van der Waals surface area contributed by atoms with Crippen molar-refractivity contribution in [1.82, 2.24) is 0 Å². The van der Waals surface area contributed by atoms with Gasteiger partial charge in [0.2, 0.25) is 0 Å². The fourth-order valence-corrected chi connectivity index (χ4v) is 2.58. The zero-order valence-corrected chi connectivity index (χ0v) is 13.6. The zero-order valence-electron chi connectivity index (χ0n) is 12.8. The summed E-state index contributed by atoms with van der Waals surface area (Å²) in [6, 6.07) is 20.2. The molecular weight excluding hydrogens is 308 g/mol. The topological polar surface area (TPSA) is 18.5 Å². The second-order valence-corrected chi connectivity index (χ2v) is 5.98. The largest absolute Gasteiger partial charge is 0.489 e. The third-order valence-corrected chi connectivity index (χ3v) is 3.90. The Morgan fingerprint density at radius 3 is 2.00 bits per heavy atom. The molecular formula is C20H19ClO2. The van der Waals surface area contributed by atoms with E-state index < -0.39 is 0 Å². The number of halogens is 1. The van der Waals surface area contributed by atoms with E-state index in [0.717, 1.165) is 22.6 Å². The smallest absolute Gasteiger partial charge is 0.157 e. The van der Waals surface area contributed by atoms with Crippen LogP contribution < -0.4 is 0 Å². The lowest BCUT2D eigenvalue weighted by molar-refractivity contribution is 0.138. The van der Waals surface area contributed by atoms with Gasteiger partial charge in [-0.15, -0.1) is 11.6 Å². The minimum absolute atomic E-state index is 0.0511. The third-order valence-electron chi connectivity index (χ3n) is 3.60. The Balaban J connectivity index is 1.66. The highest BCUT2D eigenvalue weighted by atomic mass is 35.5. The highest BCUT2D eigenvalue weighted by Crippen LogP contribution is 2.26. The quantitative estimate of drug-likeness (QED) is 0.679. The van der Waals surface area contributed by atoms with Crippen LogP contribution in [0.3, 0.4) is 0 Å². The molecule has 118 valence electrons. The van der Waals surface area contributed by atoms with E-state index in [1.165, 1.54) is 0 Å². The minimum Gasteiger partial charge on any atom is -0.489 e. The molecule has 3 rings (SSSR count). The van der Waals surface area contributed by atoms with Crippen molar-refractivity contribution in [3.63, 3.8) is 0 Å². The summed E-state index contributed by atoms with van der Waals surface area (Å²) in [7, 11) is 0. The predicted molar refractivity (Wildman–Crippen MR) is 92.9 cm³/mol. The van der Waals surface area contributed by atoms with E-state index in [2.05, 4.69) is 0 Å². The van der Waals surface area contributed by atoms with Crippen molar-refractivity contribution in [1.29, 1.82) is 0 Å². The monoisotopic (exact) mass is 326 g/mol. The Hall–Kier alpha value is -2.19. The molecule has 0 aromatic heterocycles. The average molecular weight is 327 g/mol. The fraction of sp³-hybridized carbons (Fsp3) is 0.200. The van der Waals surface area contributed by atoms with Crippen molar-refractivity contribution in [2.24, 2.45) is 0 Å². The molecule has 0 saturated heterocycles. The number of allylic oxidation sites excluding steroid dienone is 3. The average Bonchev–Trinajstić information content (AvgIpc) is 2.61. The molecule has 3 heteroatoms. The maximum Gasteiger partial charge on any atom is 0.157 e. The molecule has 0 spiro atoms. The number of rotatable bonds is 6. The summed E-state index contributed by atoms with van der Waals surface area (Å²) >= 11 is 6.22. The van der Waals surface area contributed by atoms with Crippen LogP contribution in [0.1, 0.15) is 17.5 Å². The second-order valence-electron chi connectivity index (χ2n) is 5.42. The SMILES string of the molecule is ClC1C=CC(OCc2ccccc2)=C(OCc2ccccc2)C1. The Bertz CT molecular complexity index is 677. The van der Waals surface area contributed by atoms with Gasteiger partial charge in [-0.3, -0.25) is 0 Å². The van der Waals surface area contributed by atoms with Crippen LogP contribution in [-0.4, -0.2) is 5.38 Å². The molecule has 0 amide bonds. The molecule has 0 radical (unpaired) electrons. The van der Waals surface area contributed by atoms with Crippen molar-refractivity contribution in [2.45, 2.75) is 25.0 Å². The predicted octanol–water partition coefficient (Wildman–Crippen LogP) is 5.20. The molecule has 0 fully saturated rings. The van der Waals surface area contributed by atoms with Crippen LogP contribution in [0.25, 0.3) is 0 Å². The van der Waals surface area contributed by atoms with Gasteiger partial charge in [0.05, 0.1) is 5.38 Å². The first-order valence-electron chi connectivity index (χ1n) is 7.70. The van der Waals surface area contributed by atoms with Crippen LogP contribution >= 0.6 is 11.6 Å². The molecule has 2 aromatic carbocycles. The number of alkyl halides is 1. The minimum atomic E-state index is -0.0511. The van der Waals surface area contributed by atoms with Gasteiger partial charge in [-0.05, 0) is 17.2 Å². The lowest BCUT2D eigenvalue weighted by atomic mass is 10.1. The zero-order chi connectivity index (χ0) is 15.9. The van der Waals surface area contributed by atoms with Gasteiger partial charge in [0.25, 0.3) is 0 Å². The summed E-state index contributed by atoms with van der Waals surface area (Å²) in [6.07, 6.45) is 4.50. The molecule has 2 aromatic rings. The second kappa shape index (κ2) is 7.89. The number of hydrogen-bond acceptors (Lipinski definition) is 2. The Morgan fingerprint density at radius 1 is 0.826 bits per heavy atom. The summed E-state index contributed by atoms with van der Waals surface area (Å²) in [5, 5.41) is -0.0511. The van der Waals surface area contributed by atoms with Crippen LogP contribution in [0.4, 0.5) is 0 Å². The van der Waals surface area contributed by atoms with E-state index in [9.17, 15) is 0 Å². The summed E-state index contributed by atoms with van der Waals surface area (Å²) in [6.45, 7) is 1.04. The van der Waals surface area contributed by atoms with Crippen LogP contribution in [0.15, 0.2) is 84.3 Å². The van der Waals surface area contributed by atoms with Crippen LogP contribution in [0.5, 0.6) is 0 Å². The lowest BCUT2D eigenvalue weighted by Crippen LogP contribution is -2.10. The van der Waals surface area contributed by atoms with Crippen LogP contribution in [0.2, 0.25) is 0 Å². The maximum absolute atomic E-state index is 6.22. The standard InChI is InChI=1S/C20H19ClO2/c21-18-11-12-19(22-14-16-7-3-1-4-8-16)20(13-18)23-15-17-9-5-2-6-10-17/h1-12,18H,13-15H2. The van der Waals surface area contributed by atoms with Crippen LogP contribution in [-0.2, 0) is 22.7 Å². The van der Waals surface area contributed by atoms with Crippen molar-refractivity contribution in [3.05, 3.63) is 95.5 Å². The van der Waals surface area contributed by atoms with E-state index in [-0.39, 0.29) is 5.38 Å². The van der Waals surface area contributed by atoms with Crippen molar-refractivity contribution < 1.29 is 9.47 Å². The molecule has 0 aliphatic heterocycles.